The van der Waals surface area contributed by atoms with Gasteiger partial charge in [0.1, 0.15) is 0 Å². The number of rotatable bonds is 6. The van der Waals surface area contributed by atoms with Crippen LogP contribution in [0, 0.1) is 5.41 Å². The van der Waals surface area contributed by atoms with E-state index in [1.54, 1.807) is 0 Å². The van der Waals surface area contributed by atoms with Crippen LogP contribution in [0.25, 0.3) is 0 Å². The SMILES string of the molecule is CC(C)(CCO)CNC1CCCCC1S(C)(=O)=O. The molecule has 0 aliphatic heterocycles. The Morgan fingerprint density at radius 2 is 1.89 bits per heavy atom. The van der Waals surface area contributed by atoms with Crippen LogP contribution >= 0.6 is 0 Å². The first kappa shape index (κ1) is 15.9. The molecule has 0 heterocycles. The molecule has 0 amide bonds. The number of nitrogens with one attached hydrogen (secondary N) is 1. The molecule has 1 saturated carbocycles. The predicted molar refractivity (Wildman–Crippen MR) is 74.4 cm³/mol. The van der Waals surface area contributed by atoms with Gasteiger partial charge in [-0.25, -0.2) is 8.42 Å². The molecule has 4 nitrogen and oxygen atoms in total. The Labute approximate surface area is 111 Å². The van der Waals surface area contributed by atoms with Crippen molar-refractivity contribution in [3.63, 3.8) is 0 Å². The van der Waals surface area contributed by atoms with Crippen LogP contribution in [0.5, 0.6) is 0 Å². The standard InChI is InChI=1S/C13H27NO3S/c1-13(2,8-9-15)10-14-11-6-4-5-7-12(11)18(3,16)17/h11-12,14-15H,4-10H2,1-3H3. The van der Waals surface area contributed by atoms with Gasteiger partial charge in [0.15, 0.2) is 9.84 Å². The van der Waals surface area contributed by atoms with Crippen molar-refractivity contribution >= 4 is 9.84 Å². The molecule has 0 radical (unpaired) electrons. The van der Waals surface area contributed by atoms with E-state index in [-0.39, 0.29) is 23.3 Å². The van der Waals surface area contributed by atoms with Crippen molar-refractivity contribution in [2.45, 2.75) is 57.2 Å². The molecule has 0 aromatic carbocycles. The van der Waals surface area contributed by atoms with Gasteiger partial charge in [-0.3, -0.25) is 0 Å². The molecule has 5 heteroatoms. The Bertz CT molecular complexity index is 351. The maximum Gasteiger partial charge on any atom is 0.151 e. The highest BCUT2D eigenvalue weighted by Gasteiger charge is 2.33. The second-order valence-electron chi connectivity index (χ2n) is 6.28. The first-order valence-electron chi connectivity index (χ1n) is 6.79. The van der Waals surface area contributed by atoms with E-state index in [4.69, 9.17) is 5.11 Å². The lowest BCUT2D eigenvalue weighted by Crippen LogP contribution is -2.48. The van der Waals surface area contributed by atoms with Crippen LogP contribution in [-0.4, -0.2) is 44.2 Å². The minimum atomic E-state index is -2.97. The van der Waals surface area contributed by atoms with Crippen LogP contribution < -0.4 is 5.32 Å². The lowest BCUT2D eigenvalue weighted by atomic mass is 9.88. The highest BCUT2D eigenvalue weighted by atomic mass is 32.2. The van der Waals surface area contributed by atoms with Gasteiger partial charge in [0, 0.05) is 25.4 Å². The third kappa shape index (κ3) is 4.86. The molecule has 0 saturated heterocycles. The molecule has 108 valence electrons. The van der Waals surface area contributed by atoms with Crippen LogP contribution in [-0.2, 0) is 9.84 Å². The molecule has 0 spiro atoms. The smallest absolute Gasteiger partial charge is 0.151 e. The fraction of sp³-hybridized carbons (Fsp3) is 1.00. The van der Waals surface area contributed by atoms with Gasteiger partial charge in [0.2, 0.25) is 0 Å². The van der Waals surface area contributed by atoms with Crippen molar-refractivity contribution in [2.75, 3.05) is 19.4 Å². The van der Waals surface area contributed by atoms with Crippen LogP contribution in [0.4, 0.5) is 0 Å². The average molecular weight is 277 g/mol. The van der Waals surface area contributed by atoms with E-state index >= 15 is 0 Å². The summed E-state index contributed by atoms with van der Waals surface area (Å²) >= 11 is 0. The lowest BCUT2D eigenvalue weighted by Gasteiger charge is -2.34. The molecule has 0 aromatic heterocycles. The van der Waals surface area contributed by atoms with Gasteiger partial charge in [0.05, 0.1) is 5.25 Å². The Hall–Kier alpha value is -0.130. The number of hydrogen-bond acceptors (Lipinski definition) is 4. The molecule has 1 aliphatic carbocycles. The summed E-state index contributed by atoms with van der Waals surface area (Å²) in [7, 11) is -2.97. The summed E-state index contributed by atoms with van der Waals surface area (Å²) in [4.78, 5) is 0. The molecule has 0 bridgehead atoms. The second kappa shape index (κ2) is 6.35. The van der Waals surface area contributed by atoms with Gasteiger partial charge in [-0.15, -0.1) is 0 Å². The van der Waals surface area contributed by atoms with E-state index < -0.39 is 9.84 Å². The van der Waals surface area contributed by atoms with E-state index in [1.165, 1.54) is 6.26 Å². The third-order valence-electron chi connectivity index (χ3n) is 3.88. The van der Waals surface area contributed by atoms with Crippen molar-refractivity contribution in [2.24, 2.45) is 5.41 Å². The molecule has 1 fully saturated rings. The first-order valence-corrected chi connectivity index (χ1v) is 8.75. The zero-order valence-electron chi connectivity index (χ0n) is 11.8. The van der Waals surface area contributed by atoms with Crippen LogP contribution in [0.1, 0.15) is 46.0 Å². The summed E-state index contributed by atoms with van der Waals surface area (Å²) in [5, 5.41) is 12.2. The van der Waals surface area contributed by atoms with Crippen molar-refractivity contribution in [3.8, 4) is 0 Å². The normalized spacial score (nSPS) is 26.2. The highest BCUT2D eigenvalue weighted by molar-refractivity contribution is 7.91. The molecular weight excluding hydrogens is 250 g/mol. The van der Waals surface area contributed by atoms with E-state index in [2.05, 4.69) is 19.2 Å². The maximum atomic E-state index is 11.8. The molecular formula is C13H27NO3S. The van der Waals surface area contributed by atoms with Gasteiger partial charge in [-0.05, 0) is 24.7 Å². The van der Waals surface area contributed by atoms with Crippen molar-refractivity contribution in [1.82, 2.24) is 5.32 Å². The Morgan fingerprint density at radius 1 is 1.28 bits per heavy atom. The Morgan fingerprint density at radius 3 is 2.44 bits per heavy atom. The number of aliphatic hydroxyl groups is 1. The second-order valence-corrected chi connectivity index (χ2v) is 8.54. The Kier molecular flexibility index (Phi) is 5.62. The Balaban J connectivity index is 2.58. The van der Waals surface area contributed by atoms with Gasteiger partial charge < -0.3 is 10.4 Å². The summed E-state index contributed by atoms with van der Waals surface area (Å²) in [6.45, 7) is 5.11. The summed E-state index contributed by atoms with van der Waals surface area (Å²) in [6, 6.07) is 0.0757. The highest BCUT2D eigenvalue weighted by Crippen LogP contribution is 2.26. The quantitative estimate of drug-likeness (QED) is 0.769. The number of aliphatic hydroxyl groups excluding tert-OH is 1. The lowest BCUT2D eigenvalue weighted by molar-refractivity contribution is 0.198. The van der Waals surface area contributed by atoms with Gasteiger partial charge >= 0.3 is 0 Å². The molecule has 1 aliphatic rings. The fourth-order valence-corrected chi connectivity index (χ4v) is 4.07. The molecule has 2 unspecified atom stereocenters. The third-order valence-corrected chi connectivity index (χ3v) is 5.55. The average Bonchev–Trinajstić information content (AvgIpc) is 2.26. The number of hydrogen-bond donors (Lipinski definition) is 2. The van der Waals surface area contributed by atoms with Gasteiger partial charge in [0.25, 0.3) is 0 Å². The summed E-state index contributed by atoms with van der Waals surface area (Å²) in [5.74, 6) is 0. The van der Waals surface area contributed by atoms with E-state index in [9.17, 15) is 8.42 Å². The molecule has 2 N–H and O–H groups in total. The zero-order valence-corrected chi connectivity index (χ0v) is 12.6. The van der Waals surface area contributed by atoms with E-state index in [1.807, 2.05) is 0 Å². The molecule has 2 atom stereocenters. The minimum absolute atomic E-state index is 0.00818. The summed E-state index contributed by atoms with van der Waals surface area (Å²) < 4.78 is 23.5. The fourth-order valence-electron chi connectivity index (χ4n) is 2.64. The summed E-state index contributed by atoms with van der Waals surface area (Å²) in [6.07, 6.45) is 5.90. The zero-order chi connectivity index (χ0) is 13.8. The predicted octanol–water partition coefficient (Wildman–Crippen LogP) is 1.34. The van der Waals surface area contributed by atoms with Crippen LogP contribution in [0.3, 0.4) is 0 Å². The van der Waals surface area contributed by atoms with Crippen LogP contribution in [0.15, 0.2) is 0 Å². The minimum Gasteiger partial charge on any atom is -0.396 e. The maximum absolute atomic E-state index is 11.8. The van der Waals surface area contributed by atoms with Crippen molar-refractivity contribution in [1.29, 1.82) is 0 Å². The monoisotopic (exact) mass is 277 g/mol. The molecule has 0 aromatic rings. The first-order chi connectivity index (χ1) is 8.26. The molecule has 1 rings (SSSR count). The summed E-state index contributed by atoms with van der Waals surface area (Å²) in [5.41, 5.74) is 0.00818. The van der Waals surface area contributed by atoms with Crippen molar-refractivity contribution < 1.29 is 13.5 Å². The topological polar surface area (TPSA) is 66.4 Å². The van der Waals surface area contributed by atoms with Crippen molar-refractivity contribution in [3.05, 3.63) is 0 Å². The van der Waals surface area contributed by atoms with Gasteiger partial charge in [-0.1, -0.05) is 26.7 Å². The van der Waals surface area contributed by atoms with Gasteiger partial charge in [-0.2, -0.15) is 0 Å². The molecule has 18 heavy (non-hydrogen) atoms. The van der Waals surface area contributed by atoms with Crippen LogP contribution in [0.2, 0.25) is 0 Å². The number of sulfone groups is 1. The largest absolute Gasteiger partial charge is 0.396 e. The van der Waals surface area contributed by atoms with E-state index in [0.717, 1.165) is 38.6 Å². The van der Waals surface area contributed by atoms with E-state index in [0.29, 0.717) is 0 Å².